The molecule has 154 valence electrons. The monoisotopic (exact) mass is 422 g/mol. The van der Waals surface area contributed by atoms with Crippen LogP contribution >= 0.6 is 11.8 Å². The van der Waals surface area contributed by atoms with Gasteiger partial charge >= 0.3 is 0 Å². The molecule has 0 aliphatic heterocycles. The van der Waals surface area contributed by atoms with Crippen LogP contribution in [0.5, 0.6) is 11.5 Å². The fraction of sp³-hybridized carbons (Fsp3) is 0.227. The Morgan fingerprint density at radius 1 is 1.07 bits per heavy atom. The molecule has 2 heterocycles. The van der Waals surface area contributed by atoms with E-state index in [4.69, 9.17) is 9.47 Å². The van der Waals surface area contributed by atoms with Gasteiger partial charge in [0.25, 0.3) is 5.56 Å². The molecule has 0 saturated heterocycles. The number of benzene rings is 2. The van der Waals surface area contributed by atoms with Crippen LogP contribution in [-0.2, 0) is 0 Å². The minimum atomic E-state index is -0.200. The molecular weight excluding hydrogens is 400 g/mol. The summed E-state index contributed by atoms with van der Waals surface area (Å²) in [6, 6.07) is 17.0. The summed E-state index contributed by atoms with van der Waals surface area (Å²) in [5.74, 6) is 2.93. The number of aromatic amines is 1. The van der Waals surface area contributed by atoms with Gasteiger partial charge in [-0.1, -0.05) is 47.7 Å². The van der Waals surface area contributed by atoms with Gasteiger partial charge in [0, 0.05) is 23.4 Å². The Labute approximate surface area is 178 Å². The van der Waals surface area contributed by atoms with Gasteiger partial charge in [-0.05, 0) is 25.5 Å². The molecule has 0 spiro atoms. The van der Waals surface area contributed by atoms with Crippen molar-refractivity contribution in [3.8, 4) is 22.9 Å². The molecule has 30 heavy (non-hydrogen) atoms. The molecular formula is C22H22N4O3S. The van der Waals surface area contributed by atoms with Crippen molar-refractivity contribution < 1.29 is 9.47 Å². The first kappa shape index (κ1) is 20.0. The number of nitrogens with zero attached hydrogens (tertiary/aromatic N) is 3. The second kappa shape index (κ2) is 9.04. The Balaban J connectivity index is 1.45. The van der Waals surface area contributed by atoms with E-state index in [1.807, 2.05) is 55.5 Å². The van der Waals surface area contributed by atoms with Crippen LogP contribution in [0.1, 0.15) is 12.0 Å². The van der Waals surface area contributed by atoms with Gasteiger partial charge in [0.1, 0.15) is 11.5 Å². The zero-order valence-electron chi connectivity index (χ0n) is 16.8. The number of fused-ring (bicyclic) bond motifs is 1. The first-order chi connectivity index (χ1) is 14.6. The third-order valence-corrected chi connectivity index (χ3v) is 5.49. The average molecular weight is 423 g/mol. The zero-order valence-corrected chi connectivity index (χ0v) is 17.6. The van der Waals surface area contributed by atoms with Crippen LogP contribution in [0.2, 0.25) is 0 Å². The SMILES string of the molecule is COc1cccc(OCCCSc2nc(-c3ccc(C)cc3)nc3cc(=O)[nH]n23)c1. The van der Waals surface area contributed by atoms with E-state index in [-0.39, 0.29) is 5.56 Å². The highest BCUT2D eigenvalue weighted by Gasteiger charge is 2.11. The smallest absolute Gasteiger partial charge is 0.266 e. The average Bonchev–Trinajstić information content (AvgIpc) is 3.14. The van der Waals surface area contributed by atoms with Crippen LogP contribution < -0.4 is 15.0 Å². The number of nitrogens with one attached hydrogen (secondary N) is 1. The predicted octanol–water partition coefficient (Wildman–Crippen LogP) is 3.96. The van der Waals surface area contributed by atoms with Crippen molar-refractivity contribution in [1.29, 1.82) is 0 Å². The van der Waals surface area contributed by atoms with Crippen LogP contribution in [0.25, 0.3) is 17.0 Å². The zero-order chi connectivity index (χ0) is 20.9. The number of methoxy groups -OCH3 is 1. The standard InChI is InChI=1S/C22H22N4O3S/c1-15-7-9-16(10-8-15)21-23-19-14-20(27)25-26(19)22(24-21)30-12-4-11-29-18-6-3-5-17(13-18)28-2/h3,5-10,13-14H,4,11-12H2,1-2H3,(H,25,27). The van der Waals surface area contributed by atoms with Crippen LogP contribution in [0.4, 0.5) is 0 Å². The third kappa shape index (κ3) is 4.65. The van der Waals surface area contributed by atoms with E-state index in [0.29, 0.717) is 23.2 Å². The maximum Gasteiger partial charge on any atom is 0.266 e. The van der Waals surface area contributed by atoms with Crippen molar-refractivity contribution in [1.82, 2.24) is 19.6 Å². The second-order valence-electron chi connectivity index (χ2n) is 6.74. The number of H-pyrrole nitrogens is 1. The fourth-order valence-electron chi connectivity index (χ4n) is 2.92. The highest BCUT2D eigenvalue weighted by atomic mass is 32.2. The first-order valence-corrected chi connectivity index (χ1v) is 10.6. The molecule has 0 fully saturated rings. The molecule has 0 aliphatic rings. The van der Waals surface area contributed by atoms with Crippen LogP contribution in [0, 0.1) is 6.92 Å². The molecule has 2 aromatic carbocycles. The van der Waals surface area contributed by atoms with E-state index in [1.54, 1.807) is 23.4 Å². The summed E-state index contributed by atoms with van der Waals surface area (Å²) >= 11 is 1.56. The Hall–Kier alpha value is -3.26. The lowest BCUT2D eigenvalue weighted by Gasteiger charge is -2.09. The van der Waals surface area contributed by atoms with Gasteiger partial charge in [-0.15, -0.1) is 0 Å². The second-order valence-corrected chi connectivity index (χ2v) is 7.80. The van der Waals surface area contributed by atoms with E-state index < -0.39 is 0 Å². The molecule has 0 unspecified atom stereocenters. The van der Waals surface area contributed by atoms with Crippen LogP contribution in [0.15, 0.2) is 64.5 Å². The van der Waals surface area contributed by atoms with E-state index in [9.17, 15) is 4.79 Å². The third-order valence-electron chi connectivity index (χ3n) is 4.46. The number of hydrogen-bond donors (Lipinski definition) is 1. The number of ether oxygens (including phenoxy) is 2. The Morgan fingerprint density at radius 3 is 2.67 bits per heavy atom. The van der Waals surface area contributed by atoms with Crippen molar-refractivity contribution in [2.75, 3.05) is 19.5 Å². The van der Waals surface area contributed by atoms with Gasteiger partial charge in [0.15, 0.2) is 16.6 Å². The van der Waals surface area contributed by atoms with E-state index in [1.165, 1.54) is 11.6 Å². The summed E-state index contributed by atoms with van der Waals surface area (Å²) < 4.78 is 12.6. The minimum Gasteiger partial charge on any atom is -0.497 e. The van der Waals surface area contributed by atoms with Gasteiger partial charge in [0.05, 0.1) is 13.7 Å². The molecule has 4 rings (SSSR count). The first-order valence-electron chi connectivity index (χ1n) is 9.59. The Kier molecular flexibility index (Phi) is 6.04. The number of rotatable bonds is 8. The van der Waals surface area contributed by atoms with Gasteiger partial charge in [-0.25, -0.2) is 14.5 Å². The summed E-state index contributed by atoms with van der Waals surface area (Å²) in [6.07, 6.45) is 0.818. The van der Waals surface area contributed by atoms with Gasteiger partial charge in [-0.3, -0.25) is 9.89 Å². The highest BCUT2D eigenvalue weighted by molar-refractivity contribution is 7.99. The maximum atomic E-state index is 11.8. The van der Waals surface area contributed by atoms with Crippen LogP contribution in [0.3, 0.4) is 0 Å². The molecule has 0 radical (unpaired) electrons. The molecule has 7 nitrogen and oxygen atoms in total. The molecule has 0 amide bonds. The van der Waals surface area contributed by atoms with Crippen molar-refractivity contribution in [2.45, 2.75) is 18.5 Å². The molecule has 1 N–H and O–H groups in total. The van der Waals surface area contributed by atoms with Crippen molar-refractivity contribution in [3.63, 3.8) is 0 Å². The fourth-order valence-corrected chi connectivity index (χ4v) is 3.78. The molecule has 0 atom stereocenters. The lowest BCUT2D eigenvalue weighted by molar-refractivity contribution is 0.316. The number of thioether (sulfide) groups is 1. The molecule has 0 aliphatic carbocycles. The van der Waals surface area contributed by atoms with E-state index >= 15 is 0 Å². The number of hydrogen-bond acceptors (Lipinski definition) is 6. The van der Waals surface area contributed by atoms with Crippen molar-refractivity contribution >= 4 is 17.4 Å². The summed E-state index contributed by atoms with van der Waals surface area (Å²) in [4.78, 5) is 21.0. The Bertz CT molecular complexity index is 1200. The van der Waals surface area contributed by atoms with E-state index in [2.05, 4.69) is 15.1 Å². The molecule has 0 bridgehead atoms. The number of aryl methyl sites for hydroxylation is 1. The Morgan fingerprint density at radius 2 is 1.87 bits per heavy atom. The minimum absolute atomic E-state index is 0.200. The van der Waals surface area contributed by atoms with Crippen LogP contribution in [-0.4, -0.2) is 39.1 Å². The maximum absolute atomic E-state index is 11.8. The summed E-state index contributed by atoms with van der Waals surface area (Å²) in [5.41, 5.74) is 2.44. The molecule has 4 aromatic rings. The van der Waals surface area contributed by atoms with Gasteiger partial charge in [0.2, 0.25) is 0 Å². The highest BCUT2D eigenvalue weighted by Crippen LogP contribution is 2.23. The van der Waals surface area contributed by atoms with Gasteiger partial charge < -0.3 is 9.47 Å². The summed E-state index contributed by atoms with van der Waals surface area (Å²) in [7, 11) is 1.63. The quantitative estimate of drug-likeness (QED) is 0.342. The lowest BCUT2D eigenvalue weighted by Crippen LogP contribution is -2.05. The topological polar surface area (TPSA) is 81.5 Å². The predicted molar refractivity (Wildman–Crippen MR) is 118 cm³/mol. The molecule has 8 heteroatoms. The van der Waals surface area contributed by atoms with E-state index in [0.717, 1.165) is 29.2 Å². The number of aromatic nitrogens is 4. The summed E-state index contributed by atoms with van der Waals surface area (Å²) in [6.45, 7) is 2.61. The summed E-state index contributed by atoms with van der Waals surface area (Å²) in [5, 5.41) is 3.46. The van der Waals surface area contributed by atoms with Gasteiger partial charge in [-0.2, -0.15) is 0 Å². The normalized spacial score (nSPS) is 11.0. The lowest BCUT2D eigenvalue weighted by atomic mass is 10.1. The van der Waals surface area contributed by atoms with Crippen molar-refractivity contribution in [3.05, 3.63) is 70.5 Å². The molecule has 2 aromatic heterocycles. The molecule has 0 saturated carbocycles. The largest absolute Gasteiger partial charge is 0.497 e. The van der Waals surface area contributed by atoms with Crippen molar-refractivity contribution in [2.24, 2.45) is 0 Å².